The van der Waals surface area contributed by atoms with Gasteiger partial charge in [0, 0.05) is 20.6 Å². The highest BCUT2D eigenvalue weighted by Crippen LogP contribution is 2.23. The highest BCUT2D eigenvalue weighted by atomic mass is 15.1. The molecule has 16 heavy (non-hydrogen) atoms. The molecule has 0 spiro atoms. The van der Waals surface area contributed by atoms with E-state index in [0.717, 1.165) is 6.54 Å². The van der Waals surface area contributed by atoms with Crippen LogP contribution in [-0.2, 0) is 0 Å². The largest absolute Gasteiger partial charge is 0.383 e. The average Bonchev–Trinajstić information content (AvgIpc) is 2.29. The molecule has 0 atom stereocenters. The maximum atomic E-state index is 3.51. The summed E-state index contributed by atoms with van der Waals surface area (Å²) >= 11 is 0. The summed E-state index contributed by atoms with van der Waals surface area (Å²) in [5.74, 6) is 0. The van der Waals surface area contributed by atoms with Gasteiger partial charge in [-0.3, -0.25) is 0 Å². The molecule has 0 fully saturated rings. The van der Waals surface area contributed by atoms with Crippen molar-refractivity contribution in [3.63, 3.8) is 0 Å². The van der Waals surface area contributed by atoms with Crippen molar-refractivity contribution in [2.45, 2.75) is 32.6 Å². The molecule has 0 aliphatic carbocycles. The molecule has 0 aromatic heterocycles. The van der Waals surface area contributed by atoms with E-state index in [1.165, 1.54) is 37.1 Å². The Morgan fingerprint density at radius 1 is 1.06 bits per heavy atom. The van der Waals surface area contributed by atoms with Crippen molar-refractivity contribution in [1.82, 2.24) is 0 Å². The van der Waals surface area contributed by atoms with Crippen LogP contribution in [0.25, 0.3) is 0 Å². The van der Waals surface area contributed by atoms with Crippen LogP contribution >= 0.6 is 0 Å². The Morgan fingerprint density at radius 3 is 2.50 bits per heavy atom. The number of hydrogen-bond donors (Lipinski definition) is 1. The minimum Gasteiger partial charge on any atom is -0.383 e. The fourth-order valence-corrected chi connectivity index (χ4v) is 1.79. The molecule has 0 aliphatic heterocycles. The predicted octanol–water partition coefficient (Wildman–Crippen LogP) is 3.74. The fourth-order valence-electron chi connectivity index (χ4n) is 1.79. The number of anilines is 2. The van der Waals surface area contributed by atoms with Gasteiger partial charge < -0.3 is 10.2 Å². The number of para-hydroxylation sites is 2. The molecule has 0 aliphatic rings. The Morgan fingerprint density at radius 2 is 1.81 bits per heavy atom. The molecule has 0 amide bonds. The van der Waals surface area contributed by atoms with Gasteiger partial charge in [-0.1, -0.05) is 38.3 Å². The molecule has 0 heterocycles. The maximum absolute atomic E-state index is 3.51. The van der Waals surface area contributed by atoms with Crippen molar-refractivity contribution >= 4 is 11.4 Å². The second-order valence-electron chi connectivity index (χ2n) is 4.40. The Hall–Kier alpha value is -1.18. The fraction of sp³-hybridized carbons (Fsp3) is 0.571. The zero-order valence-electron chi connectivity index (χ0n) is 10.8. The second kappa shape index (κ2) is 7.15. The third kappa shape index (κ3) is 4.13. The first-order chi connectivity index (χ1) is 7.75. The lowest BCUT2D eigenvalue weighted by Crippen LogP contribution is -2.12. The first-order valence-corrected chi connectivity index (χ1v) is 6.26. The molecule has 0 unspecified atom stereocenters. The summed E-state index contributed by atoms with van der Waals surface area (Å²) in [5, 5.41) is 3.51. The predicted molar refractivity (Wildman–Crippen MR) is 73.4 cm³/mol. The smallest absolute Gasteiger partial charge is 0.0596 e. The number of hydrogen-bond acceptors (Lipinski definition) is 2. The molecule has 0 saturated carbocycles. The van der Waals surface area contributed by atoms with Gasteiger partial charge in [0.2, 0.25) is 0 Å². The van der Waals surface area contributed by atoms with Crippen molar-refractivity contribution in [2.75, 3.05) is 30.9 Å². The average molecular weight is 220 g/mol. The highest BCUT2D eigenvalue weighted by molar-refractivity contribution is 5.69. The third-order valence-corrected chi connectivity index (χ3v) is 2.73. The van der Waals surface area contributed by atoms with Crippen molar-refractivity contribution in [1.29, 1.82) is 0 Å². The third-order valence-electron chi connectivity index (χ3n) is 2.73. The quantitative estimate of drug-likeness (QED) is 0.704. The lowest BCUT2D eigenvalue weighted by Gasteiger charge is -2.18. The summed E-state index contributed by atoms with van der Waals surface area (Å²) in [6.07, 6.45) is 5.23. The van der Waals surface area contributed by atoms with E-state index in [9.17, 15) is 0 Å². The Balaban J connectivity index is 2.41. The van der Waals surface area contributed by atoms with Crippen molar-refractivity contribution < 1.29 is 0 Å². The number of nitrogens with one attached hydrogen (secondary N) is 1. The van der Waals surface area contributed by atoms with Crippen molar-refractivity contribution in [3.8, 4) is 0 Å². The van der Waals surface area contributed by atoms with Crippen LogP contribution in [0.4, 0.5) is 11.4 Å². The van der Waals surface area contributed by atoms with Crippen LogP contribution in [0, 0.1) is 0 Å². The van der Waals surface area contributed by atoms with Crippen LogP contribution in [0.2, 0.25) is 0 Å². The van der Waals surface area contributed by atoms with Crippen LogP contribution in [0.1, 0.15) is 32.6 Å². The monoisotopic (exact) mass is 220 g/mol. The van der Waals surface area contributed by atoms with Gasteiger partial charge in [0.1, 0.15) is 0 Å². The molecule has 1 N–H and O–H groups in total. The van der Waals surface area contributed by atoms with E-state index in [1.54, 1.807) is 0 Å². The lowest BCUT2D eigenvalue weighted by atomic mass is 10.2. The van der Waals surface area contributed by atoms with Gasteiger partial charge in [0.15, 0.2) is 0 Å². The standard InChI is InChI=1S/C14H24N2/c1-4-5-6-9-12-15-13-10-7-8-11-14(13)16(2)3/h7-8,10-11,15H,4-6,9,12H2,1-3H3. The second-order valence-corrected chi connectivity index (χ2v) is 4.40. The molecule has 90 valence electrons. The Labute approximate surface area is 99.7 Å². The van der Waals surface area contributed by atoms with E-state index in [-0.39, 0.29) is 0 Å². The highest BCUT2D eigenvalue weighted by Gasteiger charge is 2.01. The molecule has 2 heteroatoms. The molecular formula is C14H24N2. The molecular weight excluding hydrogens is 196 g/mol. The molecule has 0 saturated heterocycles. The summed E-state index contributed by atoms with van der Waals surface area (Å²) in [7, 11) is 4.16. The summed E-state index contributed by atoms with van der Waals surface area (Å²) in [6, 6.07) is 8.46. The number of nitrogens with zero attached hydrogens (tertiary/aromatic N) is 1. The minimum absolute atomic E-state index is 1.07. The van der Waals surface area contributed by atoms with Gasteiger partial charge in [-0.25, -0.2) is 0 Å². The number of rotatable bonds is 7. The molecule has 1 rings (SSSR count). The van der Waals surface area contributed by atoms with Crippen molar-refractivity contribution in [3.05, 3.63) is 24.3 Å². The van der Waals surface area contributed by atoms with Gasteiger partial charge in [-0.2, -0.15) is 0 Å². The van der Waals surface area contributed by atoms with Gasteiger partial charge >= 0.3 is 0 Å². The maximum Gasteiger partial charge on any atom is 0.0596 e. The first kappa shape index (κ1) is 12.9. The van der Waals surface area contributed by atoms with Gasteiger partial charge in [0.25, 0.3) is 0 Å². The van der Waals surface area contributed by atoms with E-state index in [4.69, 9.17) is 0 Å². The van der Waals surface area contributed by atoms with E-state index in [0.29, 0.717) is 0 Å². The van der Waals surface area contributed by atoms with Gasteiger partial charge in [0.05, 0.1) is 11.4 Å². The normalized spacial score (nSPS) is 10.2. The summed E-state index contributed by atoms with van der Waals surface area (Å²) < 4.78 is 0. The zero-order valence-corrected chi connectivity index (χ0v) is 10.8. The summed E-state index contributed by atoms with van der Waals surface area (Å²) in [4.78, 5) is 2.15. The van der Waals surface area contributed by atoms with Gasteiger partial charge in [-0.05, 0) is 18.6 Å². The van der Waals surface area contributed by atoms with Crippen LogP contribution in [0.3, 0.4) is 0 Å². The number of unbranched alkanes of at least 4 members (excludes halogenated alkanes) is 3. The molecule has 1 aromatic carbocycles. The molecule has 0 bridgehead atoms. The van der Waals surface area contributed by atoms with Gasteiger partial charge in [-0.15, -0.1) is 0 Å². The molecule has 0 radical (unpaired) electrons. The van der Waals surface area contributed by atoms with Crippen LogP contribution < -0.4 is 10.2 Å². The summed E-state index contributed by atoms with van der Waals surface area (Å²) in [6.45, 7) is 3.32. The van der Waals surface area contributed by atoms with E-state index < -0.39 is 0 Å². The lowest BCUT2D eigenvalue weighted by molar-refractivity contribution is 0.685. The minimum atomic E-state index is 1.07. The first-order valence-electron chi connectivity index (χ1n) is 6.26. The van der Waals surface area contributed by atoms with Crippen LogP contribution in [0.15, 0.2) is 24.3 Å². The van der Waals surface area contributed by atoms with Crippen LogP contribution in [0.5, 0.6) is 0 Å². The molecule has 2 nitrogen and oxygen atoms in total. The van der Waals surface area contributed by atoms with E-state index in [2.05, 4.69) is 55.5 Å². The Kier molecular flexibility index (Phi) is 5.76. The topological polar surface area (TPSA) is 15.3 Å². The Bertz CT molecular complexity index is 295. The van der Waals surface area contributed by atoms with Crippen molar-refractivity contribution in [2.24, 2.45) is 0 Å². The number of benzene rings is 1. The van der Waals surface area contributed by atoms with Crippen LogP contribution in [-0.4, -0.2) is 20.6 Å². The van der Waals surface area contributed by atoms with E-state index in [1.807, 2.05) is 0 Å². The van der Waals surface area contributed by atoms with E-state index >= 15 is 0 Å². The zero-order chi connectivity index (χ0) is 11.8. The molecule has 1 aromatic rings. The summed E-state index contributed by atoms with van der Waals surface area (Å²) in [5.41, 5.74) is 2.50. The SMILES string of the molecule is CCCCCCNc1ccccc1N(C)C.